The van der Waals surface area contributed by atoms with E-state index in [1.54, 1.807) is 19.2 Å². The first kappa shape index (κ1) is 13.5. The first-order valence-electron chi connectivity index (χ1n) is 6.46. The third kappa shape index (κ3) is 3.08. The smallest absolute Gasteiger partial charge is 0.223 e. The minimum absolute atomic E-state index is 0.210. The number of aryl methyl sites for hydroxylation is 2. The summed E-state index contributed by atoms with van der Waals surface area (Å²) in [6.45, 7) is 6.58. The van der Waals surface area contributed by atoms with Gasteiger partial charge in [0.05, 0.1) is 5.69 Å². The zero-order valence-corrected chi connectivity index (χ0v) is 11.5. The minimum atomic E-state index is -0.210. The molecule has 2 rings (SSSR count). The summed E-state index contributed by atoms with van der Waals surface area (Å²) in [5, 5.41) is 3.14. The van der Waals surface area contributed by atoms with E-state index in [-0.39, 0.29) is 5.82 Å². The summed E-state index contributed by atoms with van der Waals surface area (Å²) in [4.78, 5) is 8.69. The Balaban J connectivity index is 2.39. The van der Waals surface area contributed by atoms with Crippen LogP contribution in [0.3, 0.4) is 0 Å². The molecule has 0 fully saturated rings. The molecule has 0 aliphatic rings. The Hall–Kier alpha value is -1.97. The van der Waals surface area contributed by atoms with Gasteiger partial charge in [-0.15, -0.1) is 0 Å². The molecule has 0 aliphatic carbocycles. The van der Waals surface area contributed by atoms with Gasteiger partial charge in [0.1, 0.15) is 5.82 Å². The van der Waals surface area contributed by atoms with Crippen LogP contribution in [0.5, 0.6) is 0 Å². The molecule has 1 N–H and O–H groups in total. The van der Waals surface area contributed by atoms with E-state index in [0.29, 0.717) is 11.5 Å². The molecule has 100 valence electrons. The van der Waals surface area contributed by atoms with Gasteiger partial charge in [0.15, 0.2) is 0 Å². The number of benzene rings is 1. The molecule has 0 spiro atoms. The maximum Gasteiger partial charge on any atom is 0.223 e. The second-order valence-electron chi connectivity index (χ2n) is 4.62. The highest BCUT2D eigenvalue weighted by molar-refractivity contribution is 5.64. The Morgan fingerprint density at radius 2 is 2.00 bits per heavy atom. The molecule has 0 saturated heterocycles. The predicted molar refractivity (Wildman–Crippen MR) is 75.7 cm³/mol. The number of halogens is 1. The van der Waals surface area contributed by atoms with Gasteiger partial charge in [0.25, 0.3) is 0 Å². The molecular formula is C15H18FN3. The predicted octanol–water partition coefficient (Wildman–Crippen LogP) is 3.72. The molecule has 19 heavy (non-hydrogen) atoms. The molecule has 0 radical (unpaired) electrons. The van der Waals surface area contributed by atoms with Gasteiger partial charge in [-0.3, -0.25) is 0 Å². The number of rotatable bonds is 4. The lowest BCUT2D eigenvalue weighted by Crippen LogP contribution is -2.05. The molecule has 0 unspecified atom stereocenters. The quantitative estimate of drug-likeness (QED) is 0.909. The van der Waals surface area contributed by atoms with Crippen LogP contribution in [-0.4, -0.2) is 16.5 Å². The number of hydrogen-bond donors (Lipinski definition) is 1. The third-order valence-electron chi connectivity index (χ3n) is 2.95. The van der Waals surface area contributed by atoms with E-state index in [1.165, 1.54) is 6.07 Å². The van der Waals surface area contributed by atoms with Crippen LogP contribution in [0.25, 0.3) is 11.3 Å². The van der Waals surface area contributed by atoms with E-state index in [1.807, 2.05) is 13.0 Å². The maximum atomic E-state index is 13.6. The molecule has 0 bridgehead atoms. The Morgan fingerprint density at radius 1 is 1.21 bits per heavy atom. The molecule has 0 aliphatic heterocycles. The molecule has 1 aromatic carbocycles. The van der Waals surface area contributed by atoms with Crippen molar-refractivity contribution in [1.82, 2.24) is 9.97 Å². The second-order valence-corrected chi connectivity index (χ2v) is 4.62. The van der Waals surface area contributed by atoms with Crippen molar-refractivity contribution in [2.24, 2.45) is 0 Å². The highest BCUT2D eigenvalue weighted by atomic mass is 19.1. The fourth-order valence-electron chi connectivity index (χ4n) is 1.80. The zero-order valence-electron chi connectivity index (χ0n) is 11.5. The van der Waals surface area contributed by atoms with E-state index >= 15 is 0 Å². The average Bonchev–Trinajstić information content (AvgIpc) is 2.41. The van der Waals surface area contributed by atoms with E-state index < -0.39 is 0 Å². The monoisotopic (exact) mass is 259 g/mol. The standard InChI is InChI=1S/C15H18FN3/c1-4-7-17-15-18-9-11(3)14(19-15)12-6-5-10(2)13(16)8-12/h5-6,8-9H,4,7H2,1-3H3,(H,17,18,19). The molecular weight excluding hydrogens is 241 g/mol. The summed E-state index contributed by atoms with van der Waals surface area (Å²) in [5.41, 5.74) is 3.13. The lowest BCUT2D eigenvalue weighted by atomic mass is 10.1. The normalized spacial score (nSPS) is 10.5. The van der Waals surface area contributed by atoms with Gasteiger partial charge < -0.3 is 5.32 Å². The van der Waals surface area contributed by atoms with Gasteiger partial charge in [0.2, 0.25) is 5.95 Å². The number of anilines is 1. The van der Waals surface area contributed by atoms with Crippen molar-refractivity contribution < 1.29 is 4.39 Å². The van der Waals surface area contributed by atoms with Crippen LogP contribution >= 0.6 is 0 Å². The van der Waals surface area contributed by atoms with Crippen LogP contribution in [0.2, 0.25) is 0 Å². The van der Waals surface area contributed by atoms with Gasteiger partial charge in [0, 0.05) is 18.3 Å². The van der Waals surface area contributed by atoms with E-state index in [4.69, 9.17) is 0 Å². The molecule has 1 aromatic heterocycles. The highest BCUT2D eigenvalue weighted by Gasteiger charge is 2.08. The molecule has 3 nitrogen and oxygen atoms in total. The lowest BCUT2D eigenvalue weighted by Gasteiger charge is -2.09. The highest BCUT2D eigenvalue weighted by Crippen LogP contribution is 2.23. The number of nitrogens with one attached hydrogen (secondary N) is 1. The third-order valence-corrected chi connectivity index (χ3v) is 2.95. The fraction of sp³-hybridized carbons (Fsp3) is 0.333. The topological polar surface area (TPSA) is 37.8 Å². The summed E-state index contributed by atoms with van der Waals surface area (Å²) < 4.78 is 13.6. The van der Waals surface area contributed by atoms with Crippen LogP contribution in [0, 0.1) is 19.7 Å². The van der Waals surface area contributed by atoms with Crippen LogP contribution in [-0.2, 0) is 0 Å². The summed E-state index contributed by atoms with van der Waals surface area (Å²) in [7, 11) is 0. The van der Waals surface area contributed by atoms with Crippen molar-refractivity contribution in [1.29, 1.82) is 0 Å². The van der Waals surface area contributed by atoms with E-state index in [9.17, 15) is 4.39 Å². The summed E-state index contributed by atoms with van der Waals surface area (Å²) in [5.74, 6) is 0.377. The summed E-state index contributed by atoms with van der Waals surface area (Å²) in [6, 6.07) is 5.18. The molecule has 4 heteroatoms. The molecule has 1 heterocycles. The van der Waals surface area contributed by atoms with Crippen molar-refractivity contribution in [3.63, 3.8) is 0 Å². The van der Waals surface area contributed by atoms with Gasteiger partial charge in [-0.2, -0.15) is 0 Å². The van der Waals surface area contributed by atoms with E-state index in [0.717, 1.165) is 29.8 Å². The first-order chi connectivity index (χ1) is 9.11. The van der Waals surface area contributed by atoms with Gasteiger partial charge in [-0.05, 0) is 37.5 Å². The average molecular weight is 259 g/mol. The molecule has 0 amide bonds. The minimum Gasteiger partial charge on any atom is -0.354 e. The maximum absolute atomic E-state index is 13.6. The Kier molecular flexibility index (Phi) is 4.10. The Bertz CT molecular complexity index is 582. The van der Waals surface area contributed by atoms with Gasteiger partial charge in [-0.1, -0.05) is 19.1 Å². The van der Waals surface area contributed by atoms with E-state index in [2.05, 4.69) is 22.2 Å². The van der Waals surface area contributed by atoms with Crippen LogP contribution in [0.4, 0.5) is 10.3 Å². The summed E-state index contributed by atoms with van der Waals surface area (Å²) >= 11 is 0. The second kappa shape index (κ2) is 5.78. The van der Waals surface area contributed by atoms with Crippen molar-refractivity contribution in [2.75, 3.05) is 11.9 Å². The fourth-order valence-corrected chi connectivity index (χ4v) is 1.80. The number of hydrogen-bond acceptors (Lipinski definition) is 3. The largest absolute Gasteiger partial charge is 0.354 e. The van der Waals surface area contributed by atoms with Crippen molar-refractivity contribution in [2.45, 2.75) is 27.2 Å². The first-order valence-corrected chi connectivity index (χ1v) is 6.46. The van der Waals surface area contributed by atoms with Crippen molar-refractivity contribution in [3.8, 4) is 11.3 Å². The van der Waals surface area contributed by atoms with Crippen molar-refractivity contribution >= 4 is 5.95 Å². The SMILES string of the molecule is CCCNc1ncc(C)c(-c2ccc(C)c(F)c2)n1. The van der Waals surface area contributed by atoms with Crippen LogP contribution in [0.15, 0.2) is 24.4 Å². The van der Waals surface area contributed by atoms with Crippen LogP contribution < -0.4 is 5.32 Å². The Morgan fingerprint density at radius 3 is 2.68 bits per heavy atom. The van der Waals surface area contributed by atoms with Gasteiger partial charge in [-0.25, -0.2) is 14.4 Å². The zero-order chi connectivity index (χ0) is 13.8. The summed E-state index contributed by atoms with van der Waals surface area (Å²) in [6.07, 6.45) is 2.77. The van der Waals surface area contributed by atoms with Gasteiger partial charge >= 0.3 is 0 Å². The Labute approximate surface area is 112 Å². The number of aromatic nitrogens is 2. The van der Waals surface area contributed by atoms with Crippen molar-refractivity contribution in [3.05, 3.63) is 41.3 Å². The lowest BCUT2D eigenvalue weighted by molar-refractivity contribution is 0.619. The molecule has 0 atom stereocenters. The molecule has 2 aromatic rings. The van der Waals surface area contributed by atoms with Crippen LogP contribution in [0.1, 0.15) is 24.5 Å². The molecule has 0 saturated carbocycles. The number of nitrogens with zero attached hydrogens (tertiary/aromatic N) is 2.